The van der Waals surface area contributed by atoms with E-state index in [0.717, 1.165) is 55.6 Å². The summed E-state index contributed by atoms with van der Waals surface area (Å²) in [5.74, 6) is -0.481. The molecule has 6 aromatic rings. The van der Waals surface area contributed by atoms with Crippen LogP contribution in [0.5, 0.6) is 0 Å². The van der Waals surface area contributed by atoms with Gasteiger partial charge in [-0.05, 0) is 159 Å². The number of carbonyl (C=O) groups is 2. The molecule has 4 aromatic carbocycles. The molecule has 0 aliphatic heterocycles. The van der Waals surface area contributed by atoms with Gasteiger partial charge in [0.25, 0.3) is 22.5 Å². The highest BCUT2D eigenvalue weighted by atomic mass is 35.5. The van der Waals surface area contributed by atoms with Crippen molar-refractivity contribution in [2.75, 3.05) is 104 Å². The lowest BCUT2D eigenvalue weighted by atomic mass is 10.1. The Morgan fingerprint density at radius 1 is 0.525 bits per heavy atom. The molecule has 17 nitrogen and oxygen atoms in total. The van der Waals surface area contributed by atoms with E-state index in [4.69, 9.17) is 47.0 Å². The SMILES string of the molecule is CCCCC.CCN(CC)CC.CCN(CC)c1ccc(C(F)(F)F)cc1N.CCN(CC)c1ccc(C(F)(F)F)cc1NC(=O)c1ccncc1.CCN(CC)c1ccc(C(F)(F)F)cc1[N+](=O)[O-].CO.Cc1ccc(C(F)(F)F)cc1[N+](=O)[O-].Cl.ClCCl.O=C(Cl)c1ccncc1.[2H]CF. The van der Waals surface area contributed by atoms with E-state index in [2.05, 4.69) is 54.8 Å². The number of halogens is 17. The van der Waals surface area contributed by atoms with Crippen LogP contribution >= 0.6 is 47.2 Å². The van der Waals surface area contributed by atoms with E-state index in [1.807, 2.05) is 37.5 Å². The molecule has 34 heteroatoms. The molecule has 4 N–H and O–H groups in total. The van der Waals surface area contributed by atoms with Gasteiger partial charge in [-0.25, -0.2) is 0 Å². The second kappa shape index (κ2) is 55.1. The van der Waals surface area contributed by atoms with E-state index in [-0.39, 0.29) is 40.4 Å². The quantitative estimate of drug-likeness (QED) is 0.0172. The van der Waals surface area contributed by atoms with Crippen LogP contribution in [0, 0.1) is 27.2 Å². The second-order valence-electron chi connectivity index (χ2n) is 19.5. The number of nitrogens with one attached hydrogen (secondary N) is 1. The van der Waals surface area contributed by atoms with E-state index >= 15 is 0 Å². The number of amides is 1. The van der Waals surface area contributed by atoms with Gasteiger partial charge in [0, 0.05) is 100.0 Å². The number of rotatable bonds is 19. The Morgan fingerprint density at radius 2 is 0.832 bits per heavy atom. The first-order chi connectivity index (χ1) is 47.3. The van der Waals surface area contributed by atoms with Crippen molar-refractivity contribution >= 4 is 98.2 Å². The van der Waals surface area contributed by atoms with E-state index in [1.165, 1.54) is 94.9 Å². The van der Waals surface area contributed by atoms with E-state index < -0.39 is 86.5 Å². The molecular formula is C67H93Cl4F13N10O7. The number of pyridine rings is 2. The number of nitrogens with zero attached hydrogens (tertiary/aromatic N) is 8. The van der Waals surface area contributed by atoms with Crippen molar-refractivity contribution in [3.63, 3.8) is 0 Å². The van der Waals surface area contributed by atoms with Crippen LogP contribution in [0.25, 0.3) is 0 Å². The van der Waals surface area contributed by atoms with Gasteiger partial charge in [0.1, 0.15) is 5.69 Å². The van der Waals surface area contributed by atoms with Crippen LogP contribution in [0.4, 0.5) is 96.9 Å². The Morgan fingerprint density at radius 3 is 1.13 bits per heavy atom. The van der Waals surface area contributed by atoms with Crippen LogP contribution in [0.2, 0.25) is 0 Å². The molecule has 0 saturated heterocycles. The lowest BCUT2D eigenvalue weighted by molar-refractivity contribution is -0.385. The van der Waals surface area contributed by atoms with Crippen molar-refractivity contribution in [1.82, 2.24) is 14.9 Å². The third-order valence-electron chi connectivity index (χ3n) is 13.4. The van der Waals surface area contributed by atoms with Crippen LogP contribution in [-0.2, 0) is 24.7 Å². The molecule has 2 heterocycles. The maximum atomic E-state index is 13.0. The Hall–Kier alpha value is -7.51. The molecule has 0 unspecified atom stereocenters. The largest absolute Gasteiger partial charge is 0.416 e. The van der Waals surface area contributed by atoms with Gasteiger partial charge in [0.2, 0.25) is 0 Å². The predicted octanol–water partition coefficient (Wildman–Crippen LogP) is 20.8. The summed E-state index contributed by atoms with van der Waals surface area (Å²) in [6.07, 6.45) is -7.91. The van der Waals surface area contributed by atoms with Crippen molar-refractivity contribution in [3.8, 4) is 0 Å². The standard InChI is InChI=1S/C17H18F3N3O.C11H13F3N2O2.C11H15F3N2.C8H6F3NO2.C6H4ClNO.C6H15N.C5H12.CH2Cl2.CH3F.CH4O.ClH/c1-3-23(4-2)15-6-5-13(17(18,19)20)11-14(15)22-16(24)12-7-9-21-10-8-12;1-3-15(4-2)9-6-5-8(11(12,13)14)7-10(9)16(17)18;1-3-16(4-2)10-6-5-8(7-9(10)15)11(12,13)14;1-5-2-3-6(8(9,10)11)4-7(5)12(13)14;7-6(9)5-1-3-8-4-2-5;1-4-7(5-2)6-3;1-3-5-4-2;2-1-3;2*1-2;/h5-11H,3-4H2,1-2H3,(H,22,24);5-7H,3-4H2,1-2H3;5-7H,3-4,15H2,1-2H3;2-4H,1H3;1-4H;4-6H2,1-3H3;3-5H2,1-2H3;1H2;1H3;2H,1H3;1H/i;;;;;;;;1D;;. The number of aryl methyl sites for hydroxylation is 1. The first-order valence-electron chi connectivity index (χ1n) is 31.6. The van der Waals surface area contributed by atoms with Crippen molar-refractivity contribution in [2.45, 2.75) is 127 Å². The molecular weight excluding hydrogens is 1450 g/mol. The number of anilines is 5. The summed E-state index contributed by atoms with van der Waals surface area (Å²) in [6, 6.07) is 18.0. The Labute approximate surface area is 605 Å². The number of unbranched alkanes of at least 4 members (excludes halogenated alkanes) is 2. The maximum Gasteiger partial charge on any atom is 0.416 e. The molecule has 572 valence electrons. The van der Waals surface area contributed by atoms with Crippen molar-refractivity contribution in [2.24, 2.45) is 0 Å². The molecule has 0 bridgehead atoms. The number of nitro benzene ring substituents is 2. The van der Waals surface area contributed by atoms with Gasteiger partial charge in [-0.1, -0.05) is 59.9 Å². The molecule has 6 rings (SSSR count). The first-order valence-corrected chi connectivity index (χ1v) is 32.3. The third-order valence-corrected chi connectivity index (χ3v) is 13.6. The van der Waals surface area contributed by atoms with E-state index in [0.29, 0.717) is 73.9 Å². The van der Waals surface area contributed by atoms with Crippen LogP contribution < -0.4 is 25.8 Å². The predicted molar refractivity (Wildman–Crippen MR) is 383 cm³/mol. The van der Waals surface area contributed by atoms with Gasteiger partial charge in [-0.3, -0.25) is 44.2 Å². The number of nitrogen functional groups attached to an aromatic ring is 1. The number of aromatic nitrogens is 2. The van der Waals surface area contributed by atoms with Crippen molar-refractivity contribution in [3.05, 3.63) is 181 Å². The van der Waals surface area contributed by atoms with E-state index in [1.54, 1.807) is 30.9 Å². The van der Waals surface area contributed by atoms with Gasteiger partial charge in [-0.2, -0.15) is 52.7 Å². The van der Waals surface area contributed by atoms with Crippen LogP contribution in [-0.4, -0.2) is 119 Å². The van der Waals surface area contributed by atoms with Gasteiger partial charge >= 0.3 is 24.7 Å². The Kier molecular flexibility index (Phi) is 54.5. The highest BCUT2D eigenvalue weighted by Gasteiger charge is 2.35. The smallest absolute Gasteiger partial charge is 0.400 e. The minimum Gasteiger partial charge on any atom is -0.400 e. The van der Waals surface area contributed by atoms with Gasteiger partial charge in [0.05, 0.1) is 68.7 Å². The topological polar surface area (TPSA) is 217 Å². The first kappa shape index (κ1) is 99.9. The fraction of sp³-hybridized carbons (Fsp3) is 0.463. The number of benzene rings is 4. The summed E-state index contributed by atoms with van der Waals surface area (Å²) < 4.78 is 166. The summed E-state index contributed by atoms with van der Waals surface area (Å²) in [5, 5.41) is 30.5. The summed E-state index contributed by atoms with van der Waals surface area (Å²) in [7, 11) is 0. The molecule has 101 heavy (non-hydrogen) atoms. The fourth-order valence-corrected chi connectivity index (χ4v) is 8.23. The second-order valence-corrected chi connectivity index (χ2v) is 20.7. The van der Waals surface area contributed by atoms with Crippen LogP contribution in [0.1, 0.15) is 145 Å². The highest BCUT2D eigenvalue weighted by Crippen LogP contribution is 2.39. The lowest BCUT2D eigenvalue weighted by Crippen LogP contribution is -2.24. The van der Waals surface area contributed by atoms with Gasteiger partial charge < -0.3 is 35.8 Å². The monoisotopic (exact) mass is 1540 g/mol. The molecule has 0 radical (unpaired) electrons. The highest BCUT2D eigenvalue weighted by molar-refractivity contribution is 6.67. The summed E-state index contributed by atoms with van der Waals surface area (Å²) in [5.41, 5.74) is 3.80. The summed E-state index contributed by atoms with van der Waals surface area (Å²) in [6.45, 7) is 30.8. The fourth-order valence-electron chi connectivity index (χ4n) is 8.10. The average Bonchev–Trinajstić information content (AvgIpc) is 0.826. The van der Waals surface area contributed by atoms with Crippen LogP contribution in [0.3, 0.4) is 0 Å². The van der Waals surface area contributed by atoms with Gasteiger partial charge in [-0.15, -0.1) is 35.6 Å². The number of aliphatic hydroxyl groups excluding tert-OH is 1. The number of carbonyl (C=O) groups excluding carboxylic acids is 2. The lowest BCUT2D eigenvalue weighted by Gasteiger charge is -2.25. The van der Waals surface area contributed by atoms with Gasteiger partial charge in [0.15, 0.2) is 0 Å². The molecule has 2 aromatic heterocycles. The zero-order chi connectivity index (χ0) is 78.9. The molecule has 0 atom stereocenters. The van der Waals surface area contributed by atoms with E-state index in [9.17, 15) is 86.9 Å². The molecule has 1 amide bonds. The number of nitrogens with two attached hydrogens (primary N) is 1. The number of hydrogen-bond acceptors (Lipinski definition) is 14. The number of alkyl halides is 15. The van der Waals surface area contributed by atoms with Crippen molar-refractivity contribution < 1.29 is 83.0 Å². The Bertz CT molecular complexity index is 3220. The molecule has 0 fully saturated rings. The zero-order valence-corrected chi connectivity index (χ0v) is 61.5. The number of aliphatic hydroxyl groups is 1. The normalized spacial score (nSPS) is 10.5. The minimum atomic E-state index is -4.58. The molecule has 0 spiro atoms. The summed E-state index contributed by atoms with van der Waals surface area (Å²) >= 11 is 14.7. The zero-order valence-electron chi connectivity index (χ0n) is 59.5. The number of nitro groups is 2. The maximum absolute atomic E-state index is 13.0. The third kappa shape index (κ3) is 40.7. The molecule has 0 saturated carbocycles. The average molecular weight is 1540 g/mol. The number of hydrogen-bond donors (Lipinski definition) is 3. The van der Waals surface area contributed by atoms with Crippen LogP contribution in [0.15, 0.2) is 122 Å². The Balaban J connectivity index is -0.000000366. The minimum absolute atomic E-state index is 0. The summed E-state index contributed by atoms with van der Waals surface area (Å²) in [4.78, 5) is 57.6. The van der Waals surface area contributed by atoms with Crippen molar-refractivity contribution in [1.29, 1.82) is 0 Å². The molecule has 0 aliphatic rings. The molecule has 0 aliphatic carbocycles.